The number of aromatic nitrogens is 1. The number of H-pyrrole nitrogens is 1. The fourth-order valence-electron chi connectivity index (χ4n) is 2.32. The Morgan fingerprint density at radius 2 is 1.90 bits per heavy atom. The maximum atomic E-state index is 4.22. The molecule has 0 aliphatic carbocycles. The van der Waals surface area contributed by atoms with E-state index in [2.05, 4.69) is 59.9 Å². The zero-order valence-corrected chi connectivity index (χ0v) is 12.2. The van der Waals surface area contributed by atoms with Crippen molar-refractivity contribution >= 4 is 33.4 Å². The predicted octanol–water partition coefficient (Wildman–Crippen LogP) is 5.74. The molecule has 1 N–H and O–H groups in total. The number of nitrogens with one attached hydrogen (secondary N) is 1. The molecule has 0 saturated carbocycles. The Bertz CT molecular complexity index is 747. The van der Waals surface area contributed by atoms with Gasteiger partial charge in [0.25, 0.3) is 0 Å². The highest BCUT2D eigenvalue weighted by atomic mass is 32.1. The lowest BCUT2D eigenvalue weighted by Crippen LogP contribution is -1.85. The van der Waals surface area contributed by atoms with E-state index in [0.29, 0.717) is 0 Å². The lowest BCUT2D eigenvalue weighted by Gasteiger charge is -2.07. The molecule has 20 heavy (non-hydrogen) atoms. The Hall–Kier alpha value is -2.06. The zero-order chi connectivity index (χ0) is 13.9. The van der Waals surface area contributed by atoms with Gasteiger partial charge >= 0.3 is 0 Å². The van der Waals surface area contributed by atoms with Crippen molar-refractivity contribution in [3.8, 4) is 0 Å². The van der Waals surface area contributed by atoms with Crippen LogP contribution in [-0.4, -0.2) is 4.98 Å². The highest BCUT2D eigenvalue weighted by Gasteiger charge is 2.04. The zero-order valence-electron chi connectivity index (χ0n) is 11.4. The summed E-state index contributed by atoms with van der Waals surface area (Å²) in [5, 5.41) is 3.33. The van der Waals surface area contributed by atoms with Crippen molar-refractivity contribution in [3.05, 3.63) is 71.6 Å². The van der Waals surface area contributed by atoms with Gasteiger partial charge in [0.2, 0.25) is 0 Å². The molecule has 2 heterocycles. The molecular weight excluding hydrogens is 262 g/mol. The van der Waals surface area contributed by atoms with Crippen LogP contribution in [0.5, 0.6) is 0 Å². The van der Waals surface area contributed by atoms with Crippen LogP contribution < -0.4 is 0 Å². The first kappa shape index (κ1) is 12.9. The SMILES string of the molecule is C=C(CCC(=C)c1cccs1)c1ccc2[nH]ccc2c1. The van der Waals surface area contributed by atoms with Crippen molar-refractivity contribution < 1.29 is 0 Å². The number of thiophene rings is 1. The number of hydrogen-bond donors (Lipinski definition) is 1. The smallest absolute Gasteiger partial charge is 0.0454 e. The largest absolute Gasteiger partial charge is 0.361 e. The van der Waals surface area contributed by atoms with Crippen LogP contribution in [0.3, 0.4) is 0 Å². The lowest BCUT2D eigenvalue weighted by atomic mass is 9.99. The molecule has 0 spiro atoms. The van der Waals surface area contributed by atoms with Crippen molar-refractivity contribution in [2.75, 3.05) is 0 Å². The van der Waals surface area contributed by atoms with Gasteiger partial charge in [-0.3, -0.25) is 0 Å². The van der Waals surface area contributed by atoms with Crippen LogP contribution in [0.1, 0.15) is 23.3 Å². The Morgan fingerprint density at radius 3 is 2.70 bits per heavy atom. The molecule has 3 rings (SSSR count). The van der Waals surface area contributed by atoms with E-state index in [1.165, 1.54) is 32.5 Å². The van der Waals surface area contributed by atoms with E-state index in [-0.39, 0.29) is 0 Å². The molecule has 0 aliphatic heterocycles. The second-order valence-corrected chi connectivity index (χ2v) is 5.91. The van der Waals surface area contributed by atoms with Crippen LogP contribution >= 0.6 is 11.3 Å². The predicted molar refractivity (Wildman–Crippen MR) is 89.9 cm³/mol. The maximum Gasteiger partial charge on any atom is 0.0454 e. The third kappa shape index (κ3) is 2.61. The minimum Gasteiger partial charge on any atom is -0.361 e. The average Bonchev–Trinajstić information content (AvgIpc) is 3.13. The third-order valence-electron chi connectivity index (χ3n) is 3.56. The van der Waals surface area contributed by atoms with Crippen molar-refractivity contribution in [2.24, 2.45) is 0 Å². The Balaban J connectivity index is 1.68. The van der Waals surface area contributed by atoms with Crippen molar-refractivity contribution in [1.29, 1.82) is 0 Å². The molecule has 0 unspecified atom stereocenters. The molecule has 2 aromatic heterocycles. The fraction of sp³-hybridized carbons (Fsp3) is 0.111. The Kier molecular flexibility index (Phi) is 3.57. The summed E-state index contributed by atoms with van der Waals surface area (Å²) in [5.41, 5.74) is 4.76. The molecule has 3 aromatic rings. The number of hydrogen-bond acceptors (Lipinski definition) is 1. The van der Waals surface area contributed by atoms with Gasteiger partial charge in [0.15, 0.2) is 0 Å². The molecule has 0 radical (unpaired) electrons. The number of aromatic amines is 1. The Morgan fingerprint density at radius 1 is 1.05 bits per heavy atom. The Labute approximate surface area is 123 Å². The molecule has 100 valence electrons. The lowest BCUT2D eigenvalue weighted by molar-refractivity contribution is 1.10. The monoisotopic (exact) mass is 279 g/mol. The summed E-state index contributed by atoms with van der Waals surface area (Å²) in [6.45, 7) is 8.39. The van der Waals surface area contributed by atoms with Gasteiger partial charge < -0.3 is 4.98 Å². The van der Waals surface area contributed by atoms with E-state index in [1.54, 1.807) is 11.3 Å². The molecule has 1 nitrogen and oxygen atoms in total. The summed E-state index contributed by atoms with van der Waals surface area (Å²) in [5.74, 6) is 0. The first-order valence-corrected chi connectivity index (χ1v) is 7.59. The van der Waals surface area contributed by atoms with E-state index in [0.717, 1.165) is 12.8 Å². The average molecular weight is 279 g/mol. The van der Waals surface area contributed by atoms with Gasteiger partial charge in [-0.1, -0.05) is 25.3 Å². The molecule has 0 amide bonds. The molecule has 0 saturated heterocycles. The standard InChI is InChI=1S/C18H17NS/c1-13(5-6-14(2)18-4-3-11-20-18)15-7-8-17-16(12-15)9-10-19-17/h3-4,7-12,19H,1-2,5-6H2. The van der Waals surface area contributed by atoms with E-state index < -0.39 is 0 Å². The minimum absolute atomic E-state index is 0.951. The molecule has 0 aliphatic rings. The quantitative estimate of drug-likeness (QED) is 0.613. The van der Waals surface area contributed by atoms with Crippen LogP contribution in [0.25, 0.3) is 22.0 Å². The van der Waals surface area contributed by atoms with Gasteiger partial charge in [-0.25, -0.2) is 0 Å². The van der Waals surface area contributed by atoms with Gasteiger partial charge in [-0.2, -0.15) is 0 Å². The van der Waals surface area contributed by atoms with Gasteiger partial charge in [-0.15, -0.1) is 11.3 Å². The van der Waals surface area contributed by atoms with E-state index in [4.69, 9.17) is 0 Å². The molecular formula is C18H17NS. The minimum atomic E-state index is 0.951. The number of rotatable bonds is 5. The number of fused-ring (bicyclic) bond motifs is 1. The highest BCUT2D eigenvalue weighted by molar-refractivity contribution is 7.11. The summed E-state index contributed by atoms with van der Waals surface area (Å²) in [6, 6.07) is 12.7. The van der Waals surface area contributed by atoms with Gasteiger partial charge in [0.05, 0.1) is 0 Å². The second kappa shape index (κ2) is 5.51. The number of allylic oxidation sites excluding steroid dienone is 2. The van der Waals surface area contributed by atoms with E-state index in [1.807, 2.05) is 6.20 Å². The van der Waals surface area contributed by atoms with Crippen molar-refractivity contribution in [1.82, 2.24) is 4.98 Å². The molecule has 0 fully saturated rings. The van der Waals surface area contributed by atoms with E-state index >= 15 is 0 Å². The van der Waals surface area contributed by atoms with Crippen molar-refractivity contribution in [2.45, 2.75) is 12.8 Å². The molecule has 2 heteroatoms. The van der Waals surface area contributed by atoms with Crippen LogP contribution in [-0.2, 0) is 0 Å². The second-order valence-electron chi connectivity index (χ2n) is 4.96. The van der Waals surface area contributed by atoms with Crippen molar-refractivity contribution in [3.63, 3.8) is 0 Å². The fourth-order valence-corrected chi connectivity index (χ4v) is 3.05. The van der Waals surface area contributed by atoms with Crippen LogP contribution in [0.15, 0.2) is 61.1 Å². The van der Waals surface area contributed by atoms with Gasteiger partial charge in [0.1, 0.15) is 0 Å². The van der Waals surface area contributed by atoms with E-state index in [9.17, 15) is 0 Å². The maximum absolute atomic E-state index is 4.22. The summed E-state index contributed by atoms with van der Waals surface area (Å²) < 4.78 is 0. The highest BCUT2D eigenvalue weighted by Crippen LogP contribution is 2.28. The molecule has 0 atom stereocenters. The van der Waals surface area contributed by atoms with Crippen LogP contribution in [0, 0.1) is 0 Å². The van der Waals surface area contributed by atoms with Crippen LogP contribution in [0.4, 0.5) is 0 Å². The third-order valence-corrected chi connectivity index (χ3v) is 4.53. The summed E-state index contributed by atoms with van der Waals surface area (Å²) in [4.78, 5) is 4.49. The topological polar surface area (TPSA) is 15.8 Å². The summed E-state index contributed by atoms with van der Waals surface area (Å²) in [6.07, 6.45) is 3.88. The first-order valence-electron chi connectivity index (χ1n) is 6.71. The first-order chi connectivity index (χ1) is 9.74. The van der Waals surface area contributed by atoms with Gasteiger partial charge in [0, 0.05) is 16.6 Å². The van der Waals surface area contributed by atoms with Gasteiger partial charge in [-0.05, 0) is 64.6 Å². The summed E-state index contributed by atoms with van der Waals surface area (Å²) >= 11 is 1.75. The van der Waals surface area contributed by atoms with Crippen LogP contribution in [0.2, 0.25) is 0 Å². The number of benzene rings is 1. The molecule has 0 bridgehead atoms. The molecule has 1 aromatic carbocycles. The normalized spacial score (nSPS) is 10.8. The summed E-state index contributed by atoms with van der Waals surface area (Å²) in [7, 11) is 0.